The number of halogens is 2. The number of non-ortho nitro benzene ring substituents is 1. The van der Waals surface area contributed by atoms with Gasteiger partial charge < -0.3 is 10.6 Å². The van der Waals surface area contributed by atoms with Crippen molar-refractivity contribution in [1.29, 1.82) is 0 Å². The van der Waals surface area contributed by atoms with Crippen LogP contribution in [0.4, 0.5) is 14.5 Å². The molecule has 0 unspecified atom stereocenters. The molecule has 1 heterocycles. The summed E-state index contributed by atoms with van der Waals surface area (Å²) in [6.45, 7) is -2.89. The molecule has 0 aliphatic carbocycles. The van der Waals surface area contributed by atoms with Crippen molar-refractivity contribution in [3.8, 4) is 17.1 Å². The molecule has 27 heavy (non-hydrogen) atoms. The zero-order valence-corrected chi connectivity index (χ0v) is 14.5. The summed E-state index contributed by atoms with van der Waals surface area (Å²) in [5.74, 6) is 6.90. The average molecular weight is 393 g/mol. The molecule has 3 aromatic rings. The highest BCUT2D eigenvalue weighted by Gasteiger charge is 2.13. The number of hydrogen-bond acceptors (Lipinski definition) is 7. The largest absolute Gasteiger partial charge is 0.435 e. The SMILES string of the molecule is Nn1c(SCc2ccc([N+](=O)[O-])cc2)nnc1-c1ccc(OC(F)F)cc1. The minimum absolute atomic E-state index is 0.0206. The Kier molecular flexibility index (Phi) is 5.50. The smallest absolute Gasteiger partial charge is 0.387 e. The summed E-state index contributed by atoms with van der Waals surface area (Å²) in [4.78, 5) is 10.2. The number of benzene rings is 2. The van der Waals surface area contributed by atoms with Crippen LogP contribution < -0.4 is 10.6 Å². The third-order valence-electron chi connectivity index (χ3n) is 3.52. The summed E-state index contributed by atoms with van der Waals surface area (Å²) in [6.07, 6.45) is 0. The number of rotatable bonds is 7. The number of nitrogens with zero attached hydrogens (tertiary/aromatic N) is 4. The fourth-order valence-corrected chi connectivity index (χ4v) is 3.03. The summed E-state index contributed by atoms with van der Waals surface area (Å²) in [6, 6.07) is 12.1. The lowest BCUT2D eigenvalue weighted by molar-refractivity contribution is -0.384. The van der Waals surface area contributed by atoms with E-state index in [9.17, 15) is 18.9 Å². The molecule has 11 heteroatoms. The van der Waals surface area contributed by atoms with Gasteiger partial charge in [0.1, 0.15) is 5.75 Å². The van der Waals surface area contributed by atoms with E-state index in [4.69, 9.17) is 5.84 Å². The Balaban J connectivity index is 1.68. The van der Waals surface area contributed by atoms with Crippen molar-refractivity contribution in [3.05, 3.63) is 64.2 Å². The molecule has 0 saturated carbocycles. The standard InChI is InChI=1S/C16H13F2N5O3S/c17-15(18)26-13-7-3-11(4-8-13)14-20-21-16(22(14)19)27-9-10-1-5-12(6-2-10)23(24)25/h1-8,15H,9,19H2. The molecule has 2 aromatic carbocycles. The number of aromatic nitrogens is 3. The third kappa shape index (κ3) is 4.50. The number of nitro benzene ring substituents is 1. The normalized spacial score (nSPS) is 10.9. The summed E-state index contributed by atoms with van der Waals surface area (Å²) in [5, 5.41) is 19.1. The second-order valence-electron chi connectivity index (χ2n) is 5.29. The van der Waals surface area contributed by atoms with Gasteiger partial charge in [0.15, 0.2) is 5.82 Å². The maximum absolute atomic E-state index is 12.2. The lowest BCUT2D eigenvalue weighted by Gasteiger charge is -2.06. The van der Waals surface area contributed by atoms with Crippen LogP contribution in [0.25, 0.3) is 11.4 Å². The molecule has 8 nitrogen and oxygen atoms in total. The number of ether oxygens (including phenoxy) is 1. The molecule has 140 valence electrons. The first-order valence-corrected chi connectivity index (χ1v) is 8.54. The molecule has 0 aliphatic heterocycles. The van der Waals surface area contributed by atoms with Crippen LogP contribution in [-0.2, 0) is 5.75 Å². The molecule has 3 rings (SSSR count). The van der Waals surface area contributed by atoms with Crippen molar-refractivity contribution in [1.82, 2.24) is 14.9 Å². The van der Waals surface area contributed by atoms with Gasteiger partial charge in [0, 0.05) is 23.4 Å². The lowest BCUT2D eigenvalue weighted by Crippen LogP contribution is -2.11. The highest BCUT2D eigenvalue weighted by atomic mass is 32.2. The van der Waals surface area contributed by atoms with E-state index >= 15 is 0 Å². The van der Waals surface area contributed by atoms with E-state index < -0.39 is 11.5 Å². The molecular formula is C16H13F2N5O3S. The fraction of sp³-hybridized carbons (Fsp3) is 0.125. The van der Waals surface area contributed by atoms with Gasteiger partial charge in [0.25, 0.3) is 5.69 Å². The van der Waals surface area contributed by atoms with E-state index in [1.54, 1.807) is 24.3 Å². The number of nitrogens with two attached hydrogens (primary N) is 1. The zero-order valence-electron chi connectivity index (χ0n) is 13.7. The number of hydrogen-bond donors (Lipinski definition) is 1. The Hall–Kier alpha value is -3.21. The fourth-order valence-electron chi connectivity index (χ4n) is 2.22. The van der Waals surface area contributed by atoms with E-state index in [0.29, 0.717) is 22.3 Å². The Morgan fingerprint density at radius 3 is 2.41 bits per heavy atom. The summed E-state index contributed by atoms with van der Waals surface area (Å²) >= 11 is 1.31. The van der Waals surface area contributed by atoms with Gasteiger partial charge in [-0.25, -0.2) is 4.68 Å². The molecule has 0 spiro atoms. The van der Waals surface area contributed by atoms with Crippen molar-refractivity contribution in [2.24, 2.45) is 0 Å². The third-order valence-corrected chi connectivity index (χ3v) is 4.53. The highest BCUT2D eigenvalue weighted by Crippen LogP contribution is 2.26. The van der Waals surface area contributed by atoms with E-state index in [1.807, 2.05) is 0 Å². The van der Waals surface area contributed by atoms with Gasteiger partial charge in [0.2, 0.25) is 5.16 Å². The van der Waals surface area contributed by atoms with Crippen LogP contribution in [0.15, 0.2) is 53.7 Å². The first-order valence-electron chi connectivity index (χ1n) is 7.56. The number of alkyl halides is 2. The van der Waals surface area contributed by atoms with Crippen LogP contribution in [-0.4, -0.2) is 26.4 Å². The van der Waals surface area contributed by atoms with Gasteiger partial charge in [-0.15, -0.1) is 10.2 Å². The second kappa shape index (κ2) is 7.99. The Morgan fingerprint density at radius 2 is 1.81 bits per heavy atom. The molecule has 0 amide bonds. The van der Waals surface area contributed by atoms with Crippen LogP contribution in [0.1, 0.15) is 5.56 Å². The molecule has 0 bridgehead atoms. The van der Waals surface area contributed by atoms with Crippen LogP contribution in [0, 0.1) is 10.1 Å². The van der Waals surface area contributed by atoms with Crippen LogP contribution in [0.2, 0.25) is 0 Å². The first-order chi connectivity index (χ1) is 12.9. The van der Waals surface area contributed by atoms with Crippen molar-refractivity contribution >= 4 is 17.4 Å². The van der Waals surface area contributed by atoms with E-state index in [1.165, 1.54) is 40.7 Å². The van der Waals surface area contributed by atoms with Gasteiger partial charge >= 0.3 is 6.61 Å². The highest BCUT2D eigenvalue weighted by molar-refractivity contribution is 7.98. The van der Waals surface area contributed by atoms with Crippen molar-refractivity contribution < 1.29 is 18.4 Å². The summed E-state index contributed by atoms with van der Waals surface area (Å²) in [5.41, 5.74) is 1.48. The minimum Gasteiger partial charge on any atom is -0.435 e. The molecule has 0 aliphatic rings. The van der Waals surface area contributed by atoms with Gasteiger partial charge in [-0.1, -0.05) is 23.9 Å². The topological polar surface area (TPSA) is 109 Å². The zero-order chi connectivity index (χ0) is 19.4. The minimum atomic E-state index is -2.89. The van der Waals surface area contributed by atoms with E-state index in [2.05, 4.69) is 14.9 Å². The molecule has 1 aromatic heterocycles. The Labute approximate surface area is 156 Å². The maximum Gasteiger partial charge on any atom is 0.387 e. The average Bonchev–Trinajstić information content (AvgIpc) is 3.01. The lowest BCUT2D eigenvalue weighted by atomic mass is 10.2. The molecule has 0 atom stereocenters. The van der Waals surface area contributed by atoms with Crippen molar-refractivity contribution in [2.45, 2.75) is 17.5 Å². The number of nitro groups is 1. The summed E-state index contributed by atoms with van der Waals surface area (Å²) < 4.78 is 30.0. The van der Waals surface area contributed by atoms with Gasteiger partial charge in [-0.3, -0.25) is 10.1 Å². The maximum atomic E-state index is 12.2. The first kappa shape index (κ1) is 18.6. The monoisotopic (exact) mass is 393 g/mol. The predicted octanol–water partition coefficient (Wildman–Crippen LogP) is 3.46. The Bertz CT molecular complexity index is 932. The van der Waals surface area contributed by atoms with Crippen LogP contribution in [0.5, 0.6) is 5.75 Å². The molecule has 0 fully saturated rings. The van der Waals surface area contributed by atoms with Crippen LogP contribution >= 0.6 is 11.8 Å². The van der Waals surface area contributed by atoms with Crippen LogP contribution in [0.3, 0.4) is 0 Å². The summed E-state index contributed by atoms with van der Waals surface area (Å²) in [7, 11) is 0. The molecule has 0 saturated heterocycles. The second-order valence-corrected chi connectivity index (χ2v) is 6.23. The number of thioether (sulfide) groups is 1. The Morgan fingerprint density at radius 1 is 1.15 bits per heavy atom. The van der Waals surface area contributed by atoms with Crippen molar-refractivity contribution in [3.63, 3.8) is 0 Å². The molecule has 0 radical (unpaired) electrons. The van der Waals surface area contributed by atoms with Crippen molar-refractivity contribution in [2.75, 3.05) is 5.84 Å². The van der Waals surface area contributed by atoms with Gasteiger partial charge in [0.05, 0.1) is 4.92 Å². The van der Waals surface area contributed by atoms with Gasteiger partial charge in [-0.2, -0.15) is 8.78 Å². The molecule has 2 N–H and O–H groups in total. The predicted molar refractivity (Wildman–Crippen MR) is 94.9 cm³/mol. The quantitative estimate of drug-likeness (QED) is 0.283. The number of nitrogen functional groups attached to an aromatic ring is 1. The van der Waals surface area contributed by atoms with Gasteiger partial charge in [-0.05, 0) is 29.8 Å². The van der Waals surface area contributed by atoms with E-state index in [-0.39, 0.29) is 11.4 Å². The molecular weight excluding hydrogens is 380 g/mol. The van der Waals surface area contributed by atoms with E-state index in [0.717, 1.165) is 5.56 Å².